The van der Waals surface area contributed by atoms with Crippen LogP contribution in [0.3, 0.4) is 0 Å². The van der Waals surface area contributed by atoms with E-state index in [1.807, 2.05) is 46.9 Å². The molecule has 0 fully saturated rings. The molecule has 3 aromatic heterocycles. The summed E-state index contributed by atoms with van der Waals surface area (Å²) in [6.45, 7) is 4.09. The summed E-state index contributed by atoms with van der Waals surface area (Å²) in [6.07, 6.45) is 3.35. The van der Waals surface area contributed by atoms with Crippen molar-refractivity contribution in [3.05, 3.63) is 88.6 Å². The molecule has 5 aromatic rings. The molecule has 0 bridgehead atoms. The van der Waals surface area contributed by atoms with E-state index < -0.39 is 0 Å². The molecule has 7 nitrogen and oxygen atoms in total. The second-order valence-electron chi connectivity index (χ2n) is 6.76. The summed E-state index contributed by atoms with van der Waals surface area (Å²) in [4.78, 5) is 17.2. The lowest BCUT2D eigenvalue weighted by Gasteiger charge is -2.09. The number of rotatable bonds is 6. The summed E-state index contributed by atoms with van der Waals surface area (Å²) in [7, 11) is 0. The predicted octanol–water partition coefficient (Wildman–Crippen LogP) is 4.83. The number of para-hydroxylation sites is 1. The molecule has 0 N–H and O–H groups in total. The first kappa shape index (κ1) is 19.6. The highest BCUT2D eigenvalue weighted by molar-refractivity contribution is 7.98. The number of benzene rings is 2. The fourth-order valence-corrected chi connectivity index (χ4v) is 4.38. The normalized spacial score (nSPS) is 11.4. The molecule has 3 heterocycles. The zero-order chi connectivity index (χ0) is 21.4. The second kappa shape index (κ2) is 8.05. The lowest BCUT2D eigenvalue weighted by Crippen LogP contribution is -2.22. The van der Waals surface area contributed by atoms with E-state index in [9.17, 15) is 4.79 Å². The van der Waals surface area contributed by atoms with E-state index in [1.54, 1.807) is 22.9 Å². The van der Waals surface area contributed by atoms with Crippen LogP contribution in [0.15, 0.2) is 81.8 Å². The molecule has 0 amide bonds. The number of hydrogen-bond acceptors (Lipinski definition) is 6. The van der Waals surface area contributed by atoms with Crippen LogP contribution in [0.1, 0.15) is 5.89 Å². The molecule has 0 unspecified atom stereocenters. The van der Waals surface area contributed by atoms with Gasteiger partial charge < -0.3 is 4.42 Å². The Hall–Kier alpha value is -3.36. The van der Waals surface area contributed by atoms with Gasteiger partial charge in [0, 0.05) is 17.1 Å². The van der Waals surface area contributed by atoms with Crippen LogP contribution in [0.25, 0.3) is 28.0 Å². The van der Waals surface area contributed by atoms with Gasteiger partial charge in [-0.05, 0) is 24.3 Å². The van der Waals surface area contributed by atoms with Gasteiger partial charge in [0.2, 0.25) is 11.7 Å². The smallest absolute Gasteiger partial charge is 0.263 e. The molecule has 0 saturated heterocycles. The Morgan fingerprint density at radius 1 is 1.16 bits per heavy atom. The van der Waals surface area contributed by atoms with E-state index in [0.717, 1.165) is 11.1 Å². The Kier molecular flexibility index (Phi) is 5.09. The summed E-state index contributed by atoms with van der Waals surface area (Å²) in [5.74, 6) is 2.13. The third-order valence-corrected chi connectivity index (χ3v) is 5.93. The average molecular weight is 450 g/mol. The van der Waals surface area contributed by atoms with Crippen molar-refractivity contribution < 1.29 is 4.42 Å². The van der Waals surface area contributed by atoms with Crippen LogP contribution in [0.2, 0.25) is 5.02 Å². The van der Waals surface area contributed by atoms with E-state index in [2.05, 4.69) is 21.8 Å². The fourth-order valence-electron chi connectivity index (χ4n) is 3.40. The number of allylic oxidation sites excluding steroid dienone is 1. The minimum absolute atomic E-state index is 0.120. The maximum Gasteiger partial charge on any atom is 0.263 e. The van der Waals surface area contributed by atoms with Crippen LogP contribution < -0.4 is 5.56 Å². The standard InChI is InChI=1S/C22H16ClN5O2S/c1-2-10-27-20(29)16-8-3-4-9-17(16)28-21(27)25-26-22(28)31-13-19-24-12-18(30-19)14-6-5-7-15(23)11-14/h2-9,11-12H,1,10,13H2. The van der Waals surface area contributed by atoms with Gasteiger partial charge in [-0.3, -0.25) is 13.8 Å². The molecule has 154 valence electrons. The summed E-state index contributed by atoms with van der Waals surface area (Å²) in [5, 5.41) is 10.5. The highest BCUT2D eigenvalue weighted by Crippen LogP contribution is 2.28. The zero-order valence-electron chi connectivity index (χ0n) is 16.2. The molecule has 0 aliphatic carbocycles. The maximum atomic E-state index is 12.9. The summed E-state index contributed by atoms with van der Waals surface area (Å²) < 4.78 is 9.33. The Bertz CT molecular complexity index is 1490. The number of aromatic nitrogens is 5. The lowest BCUT2D eigenvalue weighted by atomic mass is 10.2. The van der Waals surface area contributed by atoms with Crippen LogP contribution >= 0.6 is 23.4 Å². The Morgan fingerprint density at radius 3 is 2.87 bits per heavy atom. The minimum atomic E-state index is -0.120. The fraction of sp³-hybridized carbons (Fsp3) is 0.0909. The van der Waals surface area contributed by atoms with Crippen LogP contribution in [-0.2, 0) is 12.3 Å². The summed E-state index contributed by atoms with van der Waals surface area (Å²) in [5.41, 5.74) is 1.50. The molecule has 0 saturated carbocycles. The van der Waals surface area contributed by atoms with Gasteiger partial charge in [-0.25, -0.2) is 4.98 Å². The van der Waals surface area contributed by atoms with Gasteiger partial charge in [0.1, 0.15) is 0 Å². The highest BCUT2D eigenvalue weighted by Gasteiger charge is 2.17. The van der Waals surface area contributed by atoms with Crippen molar-refractivity contribution in [1.82, 2.24) is 24.1 Å². The number of oxazole rings is 1. The number of thioether (sulfide) groups is 1. The predicted molar refractivity (Wildman–Crippen MR) is 121 cm³/mol. The first-order chi connectivity index (χ1) is 15.2. The molecule has 0 atom stereocenters. The van der Waals surface area contributed by atoms with E-state index in [0.29, 0.717) is 45.3 Å². The van der Waals surface area contributed by atoms with Crippen LogP contribution in [0.5, 0.6) is 0 Å². The SMILES string of the molecule is C=CCn1c(=O)c2ccccc2n2c(SCc3ncc(-c4cccc(Cl)c4)o3)nnc12. The van der Waals surface area contributed by atoms with Crippen molar-refractivity contribution in [2.45, 2.75) is 17.5 Å². The van der Waals surface area contributed by atoms with Crippen molar-refractivity contribution in [3.63, 3.8) is 0 Å². The summed E-state index contributed by atoms with van der Waals surface area (Å²) in [6, 6.07) is 14.8. The second-order valence-corrected chi connectivity index (χ2v) is 8.14. The van der Waals surface area contributed by atoms with Gasteiger partial charge in [0.25, 0.3) is 5.56 Å². The van der Waals surface area contributed by atoms with E-state index in [4.69, 9.17) is 16.0 Å². The first-order valence-corrected chi connectivity index (χ1v) is 10.8. The van der Waals surface area contributed by atoms with Crippen molar-refractivity contribution in [2.24, 2.45) is 0 Å². The van der Waals surface area contributed by atoms with Gasteiger partial charge in [-0.15, -0.1) is 16.8 Å². The van der Waals surface area contributed by atoms with Crippen molar-refractivity contribution in [3.8, 4) is 11.3 Å². The third kappa shape index (κ3) is 3.54. The topological polar surface area (TPSA) is 78.2 Å². The van der Waals surface area contributed by atoms with Gasteiger partial charge in [0.05, 0.1) is 22.9 Å². The van der Waals surface area contributed by atoms with Crippen LogP contribution in [0, 0.1) is 0 Å². The van der Waals surface area contributed by atoms with E-state index in [1.165, 1.54) is 11.8 Å². The number of halogens is 1. The van der Waals surface area contributed by atoms with E-state index >= 15 is 0 Å². The van der Waals surface area contributed by atoms with E-state index in [-0.39, 0.29) is 5.56 Å². The molecular formula is C22H16ClN5O2S. The Morgan fingerprint density at radius 2 is 2.03 bits per heavy atom. The molecule has 9 heteroatoms. The minimum Gasteiger partial charge on any atom is -0.440 e. The number of hydrogen-bond donors (Lipinski definition) is 0. The van der Waals surface area contributed by atoms with Gasteiger partial charge >= 0.3 is 0 Å². The maximum absolute atomic E-state index is 12.9. The Labute approximate surface area is 186 Å². The number of nitrogens with zero attached hydrogens (tertiary/aromatic N) is 5. The average Bonchev–Trinajstić information content (AvgIpc) is 3.42. The molecule has 0 aliphatic heterocycles. The molecule has 0 radical (unpaired) electrons. The molecule has 0 aliphatic rings. The largest absolute Gasteiger partial charge is 0.440 e. The molecule has 2 aromatic carbocycles. The molecule has 5 rings (SSSR count). The third-order valence-electron chi connectivity index (χ3n) is 4.78. The summed E-state index contributed by atoms with van der Waals surface area (Å²) >= 11 is 7.50. The molecule has 31 heavy (non-hydrogen) atoms. The molecule has 0 spiro atoms. The zero-order valence-corrected chi connectivity index (χ0v) is 17.8. The van der Waals surface area contributed by atoms with Gasteiger partial charge in [-0.2, -0.15) is 0 Å². The van der Waals surface area contributed by atoms with Gasteiger partial charge in [0.15, 0.2) is 10.9 Å². The molecular weight excluding hydrogens is 434 g/mol. The highest BCUT2D eigenvalue weighted by atomic mass is 35.5. The van der Waals surface area contributed by atoms with Crippen LogP contribution in [0.4, 0.5) is 0 Å². The van der Waals surface area contributed by atoms with Crippen molar-refractivity contribution in [1.29, 1.82) is 0 Å². The van der Waals surface area contributed by atoms with Crippen LogP contribution in [-0.4, -0.2) is 24.1 Å². The number of fused-ring (bicyclic) bond motifs is 3. The van der Waals surface area contributed by atoms with Crippen molar-refractivity contribution in [2.75, 3.05) is 0 Å². The van der Waals surface area contributed by atoms with Gasteiger partial charge in [-0.1, -0.05) is 53.7 Å². The lowest BCUT2D eigenvalue weighted by molar-refractivity contribution is 0.530. The van der Waals surface area contributed by atoms with Crippen molar-refractivity contribution >= 4 is 40.0 Å². The monoisotopic (exact) mass is 449 g/mol. The Balaban J connectivity index is 1.51. The quantitative estimate of drug-likeness (QED) is 0.273. The first-order valence-electron chi connectivity index (χ1n) is 9.46.